The number of methoxy groups -OCH3 is 2. The lowest BCUT2D eigenvalue weighted by atomic mass is 9.97. The summed E-state index contributed by atoms with van der Waals surface area (Å²) in [5.74, 6) is 1.18. The minimum Gasteiger partial charge on any atom is -0.496 e. The molecule has 144 valence electrons. The van der Waals surface area contributed by atoms with Crippen molar-refractivity contribution in [3.8, 4) is 22.6 Å². The van der Waals surface area contributed by atoms with Crippen LogP contribution in [0.4, 0.5) is 5.95 Å². The van der Waals surface area contributed by atoms with Gasteiger partial charge in [0.25, 0.3) is 5.91 Å². The molecular formula is C23H19N3O3. The molecule has 0 atom stereocenters. The van der Waals surface area contributed by atoms with Gasteiger partial charge in [0, 0.05) is 18.0 Å². The number of carbonyl (C=O) groups is 1. The van der Waals surface area contributed by atoms with Crippen LogP contribution in [-0.4, -0.2) is 30.1 Å². The summed E-state index contributed by atoms with van der Waals surface area (Å²) in [6, 6.07) is 19.1. The molecule has 0 bridgehead atoms. The van der Waals surface area contributed by atoms with E-state index in [4.69, 9.17) is 9.47 Å². The molecule has 3 aromatic carbocycles. The lowest BCUT2D eigenvalue weighted by Crippen LogP contribution is -2.15. The minimum absolute atomic E-state index is 0.238. The molecule has 1 N–H and O–H groups in total. The number of carbonyl (C=O) groups excluding carboxylic acids is 1. The van der Waals surface area contributed by atoms with Crippen LogP contribution in [-0.2, 0) is 0 Å². The highest BCUT2D eigenvalue weighted by Gasteiger charge is 2.18. The number of nitrogens with one attached hydrogen (secondary N) is 1. The van der Waals surface area contributed by atoms with Gasteiger partial charge in [0.1, 0.15) is 11.5 Å². The first-order chi connectivity index (χ1) is 14.2. The number of amides is 1. The van der Waals surface area contributed by atoms with Gasteiger partial charge < -0.3 is 9.47 Å². The third kappa shape index (κ3) is 3.60. The van der Waals surface area contributed by atoms with Gasteiger partial charge in [-0.05, 0) is 40.6 Å². The SMILES string of the molecule is COc1ccccc1-c1ccc2c(C(=O)Nc3ncccn3)c(OC)ccc2c1. The van der Waals surface area contributed by atoms with Crippen molar-refractivity contribution in [3.63, 3.8) is 0 Å². The first-order valence-electron chi connectivity index (χ1n) is 9.04. The number of fused-ring (bicyclic) bond motifs is 1. The number of aromatic nitrogens is 2. The summed E-state index contributed by atoms with van der Waals surface area (Å²) >= 11 is 0. The molecule has 0 aliphatic carbocycles. The van der Waals surface area contributed by atoms with Gasteiger partial charge in [0.05, 0.1) is 19.8 Å². The average Bonchev–Trinajstić information content (AvgIpc) is 2.78. The van der Waals surface area contributed by atoms with Crippen LogP contribution >= 0.6 is 0 Å². The second-order valence-corrected chi connectivity index (χ2v) is 6.31. The standard InChI is InChI=1S/C23H19N3O3/c1-28-19-7-4-3-6-17(19)15-8-10-18-16(14-15)9-11-20(29-2)21(18)22(27)26-23-24-12-5-13-25-23/h3-14H,1-2H3,(H,24,25,26,27). The molecule has 0 radical (unpaired) electrons. The summed E-state index contributed by atoms with van der Waals surface area (Å²) < 4.78 is 10.9. The first-order valence-corrected chi connectivity index (χ1v) is 9.04. The molecule has 4 aromatic rings. The number of benzene rings is 3. The molecule has 0 saturated carbocycles. The lowest BCUT2D eigenvalue weighted by Gasteiger charge is -2.14. The molecule has 6 nitrogen and oxygen atoms in total. The second-order valence-electron chi connectivity index (χ2n) is 6.31. The quantitative estimate of drug-likeness (QED) is 0.545. The van der Waals surface area contributed by atoms with Crippen molar-refractivity contribution >= 4 is 22.6 Å². The molecule has 0 spiro atoms. The van der Waals surface area contributed by atoms with Crippen molar-refractivity contribution in [1.82, 2.24) is 9.97 Å². The molecule has 1 aromatic heterocycles. The zero-order valence-electron chi connectivity index (χ0n) is 16.0. The van der Waals surface area contributed by atoms with Gasteiger partial charge in [-0.3, -0.25) is 10.1 Å². The van der Waals surface area contributed by atoms with E-state index in [1.165, 1.54) is 0 Å². The predicted molar refractivity (Wildman–Crippen MR) is 112 cm³/mol. The zero-order chi connectivity index (χ0) is 20.2. The zero-order valence-corrected chi connectivity index (χ0v) is 16.0. The van der Waals surface area contributed by atoms with Gasteiger partial charge in [-0.25, -0.2) is 9.97 Å². The molecule has 0 aliphatic heterocycles. The highest BCUT2D eigenvalue weighted by atomic mass is 16.5. The smallest absolute Gasteiger partial charge is 0.262 e. The summed E-state index contributed by atoms with van der Waals surface area (Å²) in [7, 11) is 3.19. The molecule has 0 saturated heterocycles. The molecule has 0 unspecified atom stereocenters. The van der Waals surface area contributed by atoms with Crippen LogP contribution in [0.2, 0.25) is 0 Å². The Hall–Kier alpha value is -3.93. The highest BCUT2D eigenvalue weighted by molar-refractivity contribution is 6.15. The van der Waals surface area contributed by atoms with Gasteiger partial charge in [-0.15, -0.1) is 0 Å². The van der Waals surface area contributed by atoms with Crippen molar-refractivity contribution in [2.75, 3.05) is 19.5 Å². The van der Waals surface area contributed by atoms with Crippen molar-refractivity contribution in [3.05, 3.63) is 78.6 Å². The van der Waals surface area contributed by atoms with Gasteiger partial charge >= 0.3 is 0 Å². The number of hydrogen-bond acceptors (Lipinski definition) is 5. The highest BCUT2D eigenvalue weighted by Crippen LogP contribution is 2.35. The molecule has 0 fully saturated rings. The van der Waals surface area contributed by atoms with E-state index in [0.29, 0.717) is 11.3 Å². The Bertz CT molecular complexity index is 1180. The van der Waals surface area contributed by atoms with Crippen molar-refractivity contribution in [1.29, 1.82) is 0 Å². The Labute approximate surface area is 168 Å². The molecule has 1 heterocycles. The maximum Gasteiger partial charge on any atom is 0.262 e. The maximum absolute atomic E-state index is 13.0. The van der Waals surface area contributed by atoms with Crippen LogP contribution in [0.1, 0.15) is 10.4 Å². The fraction of sp³-hybridized carbons (Fsp3) is 0.0870. The van der Waals surface area contributed by atoms with Crippen molar-refractivity contribution < 1.29 is 14.3 Å². The molecule has 1 amide bonds. The summed E-state index contributed by atoms with van der Waals surface area (Å²) in [6.07, 6.45) is 3.14. The summed E-state index contributed by atoms with van der Waals surface area (Å²) in [5, 5.41) is 4.41. The topological polar surface area (TPSA) is 73.3 Å². The molecule has 29 heavy (non-hydrogen) atoms. The number of anilines is 1. The summed E-state index contributed by atoms with van der Waals surface area (Å²) in [4.78, 5) is 21.1. The number of nitrogens with zero attached hydrogens (tertiary/aromatic N) is 2. The number of ether oxygens (including phenoxy) is 2. The Morgan fingerprint density at radius 1 is 0.862 bits per heavy atom. The van der Waals surface area contributed by atoms with E-state index in [0.717, 1.165) is 27.6 Å². The van der Waals surface area contributed by atoms with Gasteiger partial charge in [-0.2, -0.15) is 0 Å². The van der Waals surface area contributed by atoms with Crippen LogP contribution in [0.15, 0.2) is 73.1 Å². The van der Waals surface area contributed by atoms with Crippen molar-refractivity contribution in [2.24, 2.45) is 0 Å². The van der Waals surface area contributed by atoms with E-state index in [9.17, 15) is 4.79 Å². The number of para-hydroxylation sites is 1. The maximum atomic E-state index is 13.0. The van der Waals surface area contributed by atoms with Gasteiger partial charge in [0.15, 0.2) is 0 Å². The summed E-state index contributed by atoms with van der Waals surface area (Å²) in [5.41, 5.74) is 2.42. The lowest BCUT2D eigenvalue weighted by molar-refractivity contribution is 0.102. The van der Waals surface area contributed by atoms with E-state index in [-0.39, 0.29) is 11.9 Å². The Morgan fingerprint density at radius 3 is 2.38 bits per heavy atom. The van der Waals surface area contributed by atoms with E-state index < -0.39 is 0 Å². The van der Waals surface area contributed by atoms with Crippen molar-refractivity contribution in [2.45, 2.75) is 0 Å². The van der Waals surface area contributed by atoms with Crippen LogP contribution in [0, 0.1) is 0 Å². The van der Waals surface area contributed by atoms with E-state index in [1.54, 1.807) is 38.7 Å². The Morgan fingerprint density at radius 2 is 1.62 bits per heavy atom. The summed E-state index contributed by atoms with van der Waals surface area (Å²) in [6.45, 7) is 0. The third-order valence-corrected chi connectivity index (χ3v) is 4.64. The number of rotatable bonds is 5. The first kappa shape index (κ1) is 18.4. The molecule has 0 aliphatic rings. The predicted octanol–water partition coefficient (Wildman–Crippen LogP) is 4.57. The molecular weight excluding hydrogens is 366 g/mol. The Balaban J connectivity index is 1.81. The Kier molecular flexibility index (Phi) is 5.07. The largest absolute Gasteiger partial charge is 0.496 e. The van der Waals surface area contributed by atoms with Gasteiger partial charge in [-0.1, -0.05) is 36.4 Å². The normalized spacial score (nSPS) is 10.6. The fourth-order valence-corrected chi connectivity index (χ4v) is 3.29. The number of hydrogen-bond donors (Lipinski definition) is 1. The van der Waals surface area contributed by atoms with Crippen LogP contribution in [0.25, 0.3) is 21.9 Å². The van der Waals surface area contributed by atoms with Crippen LogP contribution in [0.5, 0.6) is 11.5 Å². The van der Waals surface area contributed by atoms with Gasteiger partial charge in [0.2, 0.25) is 5.95 Å². The van der Waals surface area contributed by atoms with E-state index in [1.807, 2.05) is 48.5 Å². The third-order valence-electron chi connectivity index (χ3n) is 4.64. The monoisotopic (exact) mass is 385 g/mol. The minimum atomic E-state index is -0.330. The van der Waals surface area contributed by atoms with E-state index in [2.05, 4.69) is 15.3 Å². The second kappa shape index (κ2) is 7.98. The average molecular weight is 385 g/mol. The molecule has 4 rings (SSSR count). The van der Waals surface area contributed by atoms with E-state index >= 15 is 0 Å². The fourth-order valence-electron chi connectivity index (χ4n) is 3.29. The molecule has 6 heteroatoms. The van der Waals surface area contributed by atoms with Crippen LogP contribution < -0.4 is 14.8 Å². The van der Waals surface area contributed by atoms with Crippen LogP contribution in [0.3, 0.4) is 0 Å².